The molecule has 114 valence electrons. The molecule has 0 amide bonds. The van der Waals surface area contributed by atoms with Crippen LogP contribution in [0, 0.1) is 5.92 Å². The van der Waals surface area contributed by atoms with Crippen LogP contribution in [-0.2, 0) is 6.54 Å². The highest BCUT2D eigenvalue weighted by Crippen LogP contribution is 2.27. The summed E-state index contributed by atoms with van der Waals surface area (Å²) in [6.45, 7) is 6.70. The van der Waals surface area contributed by atoms with Crippen LogP contribution in [0.1, 0.15) is 32.6 Å². The lowest BCUT2D eigenvalue weighted by molar-refractivity contribution is 0.181. The van der Waals surface area contributed by atoms with Crippen molar-refractivity contribution in [2.24, 2.45) is 5.92 Å². The van der Waals surface area contributed by atoms with E-state index in [1.807, 2.05) is 6.33 Å². The van der Waals surface area contributed by atoms with E-state index in [1.54, 1.807) is 0 Å². The summed E-state index contributed by atoms with van der Waals surface area (Å²) in [4.78, 5) is 15.1. The molecule has 0 radical (unpaired) electrons. The maximum atomic E-state index is 5.81. The standard InChI is InChI=1S/C15H24N6/c1-2-20(9-12-5-3-6-12)7-4-8-21-11-19-13-14(16)17-10-18-15(13)21/h10-12H,2-9H2,1H3,(H2,16,17,18). The molecule has 2 aromatic heterocycles. The number of imidazole rings is 1. The second-order valence-electron chi connectivity index (χ2n) is 5.91. The van der Waals surface area contributed by atoms with Gasteiger partial charge in [-0.3, -0.25) is 0 Å². The van der Waals surface area contributed by atoms with Gasteiger partial charge in [0.25, 0.3) is 0 Å². The summed E-state index contributed by atoms with van der Waals surface area (Å²) >= 11 is 0. The molecule has 1 aliphatic carbocycles. The smallest absolute Gasteiger partial charge is 0.165 e. The second-order valence-corrected chi connectivity index (χ2v) is 5.91. The van der Waals surface area contributed by atoms with Crippen molar-refractivity contribution in [2.45, 2.75) is 39.2 Å². The molecule has 1 fully saturated rings. The fraction of sp³-hybridized carbons (Fsp3) is 0.667. The van der Waals surface area contributed by atoms with Gasteiger partial charge in [-0.05, 0) is 38.3 Å². The maximum absolute atomic E-state index is 5.81. The summed E-state index contributed by atoms with van der Waals surface area (Å²) in [5.74, 6) is 1.39. The highest BCUT2D eigenvalue weighted by Gasteiger charge is 2.19. The van der Waals surface area contributed by atoms with Crippen LogP contribution in [0.25, 0.3) is 11.2 Å². The van der Waals surface area contributed by atoms with Gasteiger partial charge in [-0.25, -0.2) is 15.0 Å². The Bertz CT molecular complexity index is 589. The molecule has 0 atom stereocenters. The maximum Gasteiger partial charge on any atom is 0.165 e. The number of aryl methyl sites for hydroxylation is 1. The zero-order valence-corrected chi connectivity index (χ0v) is 12.7. The van der Waals surface area contributed by atoms with Crippen LogP contribution < -0.4 is 5.73 Å². The largest absolute Gasteiger partial charge is 0.382 e. The molecule has 1 aliphatic rings. The van der Waals surface area contributed by atoms with E-state index in [0.717, 1.165) is 37.6 Å². The average Bonchev–Trinajstić information content (AvgIpc) is 2.85. The van der Waals surface area contributed by atoms with Crippen LogP contribution >= 0.6 is 0 Å². The van der Waals surface area contributed by atoms with E-state index in [9.17, 15) is 0 Å². The van der Waals surface area contributed by atoms with Crippen molar-refractivity contribution < 1.29 is 0 Å². The number of nitrogens with two attached hydrogens (primary N) is 1. The Morgan fingerprint density at radius 1 is 1.33 bits per heavy atom. The van der Waals surface area contributed by atoms with Crippen molar-refractivity contribution >= 4 is 17.0 Å². The number of fused-ring (bicyclic) bond motifs is 1. The van der Waals surface area contributed by atoms with Gasteiger partial charge in [0.15, 0.2) is 11.5 Å². The topological polar surface area (TPSA) is 72.9 Å². The van der Waals surface area contributed by atoms with Crippen LogP contribution in [0.2, 0.25) is 0 Å². The molecule has 0 spiro atoms. The fourth-order valence-corrected chi connectivity index (χ4v) is 2.95. The first-order valence-electron chi connectivity index (χ1n) is 7.91. The van der Waals surface area contributed by atoms with E-state index in [-0.39, 0.29) is 0 Å². The highest BCUT2D eigenvalue weighted by molar-refractivity contribution is 5.80. The van der Waals surface area contributed by atoms with E-state index < -0.39 is 0 Å². The van der Waals surface area contributed by atoms with Gasteiger partial charge >= 0.3 is 0 Å². The molecule has 0 aliphatic heterocycles. The molecular formula is C15H24N6. The Morgan fingerprint density at radius 3 is 2.90 bits per heavy atom. The zero-order valence-electron chi connectivity index (χ0n) is 12.7. The Morgan fingerprint density at radius 2 is 2.19 bits per heavy atom. The van der Waals surface area contributed by atoms with Gasteiger partial charge in [0.1, 0.15) is 11.8 Å². The number of hydrogen-bond acceptors (Lipinski definition) is 5. The Hall–Kier alpha value is -1.69. The molecular weight excluding hydrogens is 264 g/mol. The molecule has 0 saturated heterocycles. The summed E-state index contributed by atoms with van der Waals surface area (Å²) in [7, 11) is 0. The van der Waals surface area contributed by atoms with Gasteiger partial charge < -0.3 is 15.2 Å². The third kappa shape index (κ3) is 3.15. The van der Waals surface area contributed by atoms with Gasteiger partial charge in [-0.15, -0.1) is 0 Å². The molecule has 2 N–H and O–H groups in total. The fourth-order valence-electron chi connectivity index (χ4n) is 2.95. The van der Waals surface area contributed by atoms with Crippen LogP contribution in [0.4, 0.5) is 5.82 Å². The molecule has 21 heavy (non-hydrogen) atoms. The molecule has 2 heterocycles. The number of aromatic nitrogens is 4. The van der Waals surface area contributed by atoms with E-state index >= 15 is 0 Å². The molecule has 6 heteroatoms. The lowest BCUT2D eigenvalue weighted by Gasteiger charge is -2.31. The van der Waals surface area contributed by atoms with Gasteiger partial charge in [-0.1, -0.05) is 13.3 Å². The van der Waals surface area contributed by atoms with Crippen molar-refractivity contribution in [3.8, 4) is 0 Å². The van der Waals surface area contributed by atoms with Crippen LogP contribution in [0.15, 0.2) is 12.7 Å². The first-order chi connectivity index (χ1) is 10.3. The summed E-state index contributed by atoms with van der Waals surface area (Å²) in [5, 5.41) is 0. The first-order valence-corrected chi connectivity index (χ1v) is 7.91. The predicted molar refractivity (Wildman–Crippen MR) is 83.8 cm³/mol. The van der Waals surface area contributed by atoms with Crippen molar-refractivity contribution in [1.29, 1.82) is 0 Å². The summed E-state index contributed by atoms with van der Waals surface area (Å²) in [6.07, 6.45) is 8.68. The normalized spacial score (nSPS) is 15.7. The molecule has 0 aromatic carbocycles. The minimum Gasteiger partial charge on any atom is -0.382 e. The van der Waals surface area contributed by atoms with E-state index in [0.29, 0.717) is 11.3 Å². The Balaban J connectivity index is 1.54. The van der Waals surface area contributed by atoms with Crippen molar-refractivity contribution in [2.75, 3.05) is 25.4 Å². The van der Waals surface area contributed by atoms with Gasteiger partial charge in [0.05, 0.1) is 6.33 Å². The molecule has 6 nitrogen and oxygen atoms in total. The number of rotatable bonds is 7. The van der Waals surface area contributed by atoms with Gasteiger partial charge in [0, 0.05) is 13.1 Å². The van der Waals surface area contributed by atoms with Crippen LogP contribution in [0.5, 0.6) is 0 Å². The highest BCUT2D eigenvalue weighted by atomic mass is 15.1. The molecule has 2 aromatic rings. The quantitative estimate of drug-likeness (QED) is 0.842. The SMILES string of the molecule is CCN(CCCn1cnc2c(N)ncnc21)CC1CCC1. The molecule has 0 bridgehead atoms. The number of nitrogen functional groups attached to an aromatic ring is 1. The van der Waals surface area contributed by atoms with Crippen molar-refractivity contribution in [1.82, 2.24) is 24.4 Å². The van der Waals surface area contributed by atoms with Gasteiger partial charge in [-0.2, -0.15) is 0 Å². The first kappa shape index (κ1) is 14.3. The number of nitrogens with zero attached hydrogens (tertiary/aromatic N) is 5. The predicted octanol–water partition coefficient (Wildman–Crippen LogP) is 1.92. The average molecular weight is 288 g/mol. The summed E-state index contributed by atoms with van der Waals surface area (Å²) in [5.41, 5.74) is 7.35. The van der Waals surface area contributed by atoms with Crippen LogP contribution in [0.3, 0.4) is 0 Å². The number of hydrogen-bond donors (Lipinski definition) is 1. The van der Waals surface area contributed by atoms with Crippen molar-refractivity contribution in [3.63, 3.8) is 0 Å². The Kier molecular flexibility index (Phi) is 4.34. The van der Waals surface area contributed by atoms with Crippen molar-refractivity contribution in [3.05, 3.63) is 12.7 Å². The van der Waals surface area contributed by atoms with E-state index in [4.69, 9.17) is 5.73 Å². The lowest BCUT2D eigenvalue weighted by Crippen LogP contribution is -2.33. The third-order valence-corrected chi connectivity index (χ3v) is 4.49. The van der Waals surface area contributed by atoms with E-state index in [2.05, 4.69) is 31.3 Å². The monoisotopic (exact) mass is 288 g/mol. The zero-order chi connectivity index (χ0) is 14.7. The summed E-state index contributed by atoms with van der Waals surface area (Å²) < 4.78 is 2.07. The van der Waals surface area contributed by atoms with Crippen LogP contribution in [-0.4, -0.2) is 44.1 Å². The lowest BCUT2D eigenvalue weighted by atomic mass is 9.85. The minimum absolute atomic E-state index is 0.457. The summed E-state index contributed by atoms with van der Waals surface area (Å²) in [6, 6.07) is 0. The number of anilines is 1. The third-order valence-electron chi connectivity index (χ3n) is 4.49. The molecule has 3 rings (SSSR count). The van der Waals surface area contributed by atoms with E-state index in [1.165, 1.54) is 32.1 Å². The Labute approximate surface area is 125 Å². The second kappa shape index (κ2) is 6.39. The van der Waals surface area contributed by atoms with Gasteiger partial charge in [0.2, 0.25) is 0 Å². The molecule has 0 unspecified atom stereocenters. The minimum atomic E-state index is 0.457. The molecule has 1 saturated carbocycles.